The van der Waals surface area contributed by atoms with Crippen LogP contribution in [0.5, 0.6) is 0 Å². The summed E-state index contributed by atoms with van der Waals surface area (Å²) in [5.41, 5.74) is 5.35. The van der Waals surface area contributed by atoms with Crippen LogP contribution in [0.25, 0.3) is 11.4 Å². The van der Waals surface area contributed by atoms with Gasteiger partial charge in [0.15, 0.2) is 0 Å². The summed E-state index contributed by atoms with van der Waals surface area (Å²) in [6.07, 6.45) is 7.26. The minimum Gasteiger partial charge on any atom is -0.338 e. The van der Waals surface area contributed by atoms with Gasteiger partial charge in [0.1, 0.15) is 16.4 Å². The molecule has 0 bridgehead atoms. The van der Waals surface area contributed by atoms with Crippen molar-refractivity contribution in [3.63, 3.8) is 0 Å². The molecule has 0 N–H and O–H groups in total. The Morgan fingerprint density at radius 1 is 1.15 bits per heavy atom. The number of nitrogens with zero attached hydrogens (tertiary/aromatic N) is 6. The van der Waals surface area contributed by atoms with Crippen molar-refractivity contribution in [1.29, 1.82) is 0 Å². The van der Waals surface area contributed by atoms with Gasteiger partial charge in [0.25, 0.3) is 5.91 Å². The third kappa shape index (κ3) is 3.37. The van der Waals surface area contributed by atoms with Crippen molar-refractivity contribution in [2.75, 3.05) is 13.1 Å². The Labute approximate surface area is 162 Å². The standard InChI is InChI=1S/C19H22N6OS/c1-12-18(27-11-22-12)19(26)25-6-4-14(5-7-25)15-8-20-9-16(23-15)17-10-21-13(2)24(17)3/h8-11,14H,4-7H2,1-3H3. The van der Waals surface area contributed by atoms with Gasteiger partial charge in [-0.1, -0.05) is 0 Å². The van der Waals surface area contributed by atoms with Gasteiger partial charge < -0.3 is 9.47 Å². The minimum absolute atomic E-state index is 0.0960. The van der Waals surface area contributed by atoms with Crippen LogP contribution in [0, 0.1) is 13.8 Å². The van der Waals surface area contributed by atoms with Gasteiger partial charge in [-0.05, 0) is 26.7 Å². The van der Waals surface area contributed by atoms with Gasteiger partial charge in [0.2, 0.25) is 0 Å². The Kier molecular flexibility index (Phi) is 4.73. The number of thiazole rings is 1. The first-order chi connectivity index (χ1) is 13.0. The number of imidazole rings is 1. The maximum absolute atomic E-state index is 12.7. The maximum atomic E-state index is 12.7. The summed E-state index contributed by atoms with van der Waals surface area (Å²) in [6.45, 7) is 5.32. The van der Waals surface area contributed by atoms with E-state index < -0.39 is 0 Å². The smallest absolute Gasteiger partial charge is 0.265 e. The Morgan fingerprint density at radius 3 is 2.56 bits per heavy atom. The highest BCUT2D eigenvalue weighted by Gasteiger charge is 2.27. The van der Waals surface area contributed by atoms with Gasteiger partial charge in [-0.15, -0.1) is 11.3 Å². The summed E-state index contributed by atoms with van der Waals surface area (Å²) in [5, 5.41) is 0. The lowest BCUT2D eigenvalue weighted by atomic mass is 9.93. The molecule has 0 aliphatic carbocycles. The van der Waals surface area contributed by atoms with E-state index in [0.717, 1.165) is 59.4 Å². The zero-order chi connectivity index (χ0) is 19.0. The van der Waals surface area contributed by atoms with Crippen molar-refractivity contribution in [3.05, 3.63) is 46.2 Å². The van der Waals surface area contributed by atoms with Crippen molar-refractivity contribution in [3.8, 4) is 11.4 Å². The fraction of sp³-hybridized carbons (Fsp3) is 0.421. The van der Waals surface area contributed by atoms with Crippen LogP contribution in [0.3, 0.4) is 0 Å². The highest BCUT2D eigenvalue weighted by Crippen LogP contribution is 2.29. The molecule has 3 aromatic rings. The van der Waals surface area contributed by atoms with E-state index in [1.165, 1.54) is 11.3 Å². The number of aryl methyl sites for hydroxylation is 2. The lowest BCUT2D eigenvalue weighted by Gasteiger charge is -2.31. The van der Waals surface area contributed by atoms with Crippen LogP contribution < -0.4 is 0 Å². The van der Waals surface area contributed by atoms with Crippen LogP contribution in [-0.4, -0.2) is 48.4 Å². The molecule has 1 saturated heterocycles. The molecule has 8 heteroatoms. The fourth-order valence-electron chi connectivity index (χ4n) is 3.47. The summed E-state index contributed by atoms with van der Waals surface area (Å²) in [6, 6.07) is 0. The van der Waals surface area contributed by atoms with Crippen LogP contribution >= 0.6 is 11.3 Å². The molecule has 1 aliphatic heterocycles. The molecular weight excluding hydrogens is 360 g/mol. The van der Waals surface area contributed by atoms with Crippen LogP contribution in [0.1, 0.15) is 45.6 Å². The quantitative estimate of drug-likeness (QED) is 0.696. The van der Waals surface area contributed by atoms with E-state index in [0.29, 0.717) is 5.92 Å². The molecule has 0 atom stereocenters. The molecule has 0 aromatic carbocycles. The first kappa shape index (κ1) is 17.8. The molecular formula is C19H22N6OS. The van der Waals surface area contributed by atoms with Crippen molar-refractivity contribution >= 4 is 17.2 Å². The number of hydrogen-bond donors (Lipinski definition) is 0. The average molecular weight is 382 g/mol. The fourth-order valence-corrected chi connectivity index (χ4v) is 4.24. The van der Waals surface area contributed by atoms with Crippen LogP contribution in [0.4, 0.5) is 0 Å². The highest BCUT2D eigenvalue weighted by atomic mass is 32.1. The third-order valence-corrected chi connectivity index (χ3v) is 6.19. The molecule has 27 heavy (non-hydrogen) atoms. The average Bonchev–Trinajstić information content (AvgIpc) is 3.27. The van der Waals surface area contributed by atoms with E-state index in [4.69, 9.17) is 4.98 Å². The lowest BCUT2D eigenvalue weighted by Crippen LogP contribution is -2.38. The number of carbonyl (C=O) groups is 1. The first-order valence-electron chi connectivity index (χ1n) is 9.04. The number of amides is 1. The Morgan fingerprint density at radius 2 is 1.93 bits per heavy atom. The van der Waals surface area contributed by atoms with E-state index in [1.807, 2.05) is 42.8 Å². The Balaban J connectivity index is 1.47. The Bertz CT molecular complexity index is 970. The maximum Gasteiger partial charge on any atom is 0.265 e. The van der Waals surface area contributed by atoms with Crippen molar-refractivity contribution in [2.45, 2.75) is 32.6 Å². The Hall–Kier alpha value is -2.61. The second-order valence-electron chi connectivity index (χ2n) is 6.91. The second kappa shape index (κ2) is 7.19. The van der Waals surface area contributed by atoms with E-state index in [1.54, 1.807) is 11.7 Å². The summed E-state index contributed by atoms with van der Waals surface area (Å²) in [4.78, 5) is 33.1. The van der Waals surface area contributed by atoms with Crippen LogP contribution in [0.15, 0.2) is 24.1 Å². The summed E-state index contributed by atoms with van der Waals surface area (Å²) in [5.74, 6) is 1.36. The molecule has 0 unspecified atom stereocenters. The predicted octanol–water partition coefficient (Wildman–Crippen LogP) is 2.97. The zero-order valence-electron chi connectivity index (χ0n) is 15.7. The van der Waals surface area contributed by atoms with Gasteiger partial charge in [0, 0.05) is 32.3 Å². The first-order valence-corrected chi connectivity index (χ1v) is 9.92. The van der Waals surface area contributed by atoms with Gasteiger partial charge >= 0.3 is 0 Å². The minimum atomic E-state index is 0.0960. The molecule has 1 aliphatic rings. The molecule has 1 fully saturated rings. The molecule has 0 saturated carbocycles. The van der Waals surface area contributed by atoms with Gasteiger partial charge in [-0.25, -0.2) is 15.0 Å². The van der Waals surface area contributed by atoms with Gasteiger partial charge in [0.05, 0.1) is 35.0 Å². The second-order valence-corrected chi connectivity index (χ2v) is 7.77. The van der Waals surface area contributed by atoms with E-state index in [2.05, 4.69) is 15.0 Å². The molecule has 140 valence electrons. The molecule has 1 amide bonds. The molecule has 7 nitrogen and oxygen atoms in total. The number of likely N-dealkylation sites (tertiary alicyclic amines) is 1. The third-order valence-electron chi connectivity index (χ3n) is 5.28. The zero-order valence-corrected chi connectivity index (χ0v) is 16.5. The lowest BCUT2D eigenvalue weighted by molar-refractivity contribution is 0.0716. The summed E-state index contributed by atoms with van der Waals surface area (Å²) < 4.78 is 2.02. The summed E-state index contributed by atoms with van der Waals surface area (Å²) in [7, 11) is 1.98. The van der Waals surface area contributed by atoms with Crippen molar-refractivity contribution in [2.24, 2.45) is 7.05 Å². The molecule has 4 heterocycles. The van der Waals surface area contributed by atoms with Crippen molar-refractivity contribution in [1.82, 2.24) is 29.4 Å². The van der Waals surface area contributed by atoms with E-state index in [9.17, 15) is 4.79 Å². The number of piperidine rings is 1. The van der Waals surface area contributed by atoms with E-state index in [-0.39, 0.29) is 5.91 Å². The number of carbonyl (C=O) groups excluding carboxylic acids is 1. The molecule has 0 spiro atoms. The monoisotopic (exact) mass is 382 g/mol. The normalized spacial score (nSPS) is 15.3. The predicted molar refractivity (Wildman–Crippen MR) is 104 cm³/mol. The van der Waals surface area contributed by atoms with Gasteiger partial charge in [-0.2, -0.15) is 0 Å². The SMILES string of the molecule is Cc1ncsc1C(=O)N1CCC(c2cncc(-c3cnc(C)n3C)n2)CC1. The molecule has 3 aromatic heterocycles. The number of rotatable bonds is 3. The summed E-state index contributed by atoms with van der Waals surface area (Å²) >= 11 is 1.42. The van der Waals surface area contributed by atoms with Crippen LogP contribution in [-0.2, 0) is 7.05 Å². The van der Waals surface area contributed by atoms with Crippen molar-refractivity contribution < 1.29 is 4.79 Å². The molecule has 4 rings (SSSR count). The van der Waals surface area contributed by atoms with E-state index >= 15 is 0 Å². The topological polar surface area (TPSA) is 76.8 Å². The number of hydrogen-bond acceptors (Lipinski definition) is 6. The largest absolute Gasteiger partial charge is 0.338 e. The van der Waals surface area contributed by atoms with Crippen LogP contribution in [0.2, 0.25) is 0 Å². The van der Waals surface area contributed by atoms with Gasteiger partial charge in [-0.3, -0.25) is 9.78 Å². The number of aromatic nitrogens is 5. The highest BCUT2D eigenvalue weighted by molar-refractivity contribution is 7.11. The molecule has 0 radical (unpaired) electrons.